The van der Waals surface area contributed by atoms with Crippen LogP contribution >= 0.6 is 0 Å². The molecule has 0 saturated carbocycles. The number of carbonyl (C=O) groups is 2. The van der Waals surface area contributed by atoms with E-state index in [-0.39, 0.29) is 12.0 Å². The summed E-state index contributed by atoms with van der Waals surface area (Å²) in [7, 11) is -1.62. The van der Waals surface area contributed by atoms with Gasteiger partial charge in [0.1, 0.15) is 0 Å². The Morgan fingerprint density at radius 3 is 1.82 bits per heavy atom. The Labute approximate surface area is 104 Å². The molecule has 2 N–H and O–H groups in total. The molecule has 100 valence electrons. The maximum atomic E-state index is 11.4. The lowest BCUT2D eigenvalue weighted by Crippen LogP contribution is -2.43. The lowest BCUT2D eigenvalue weighted by atomic mass is 9.74. The van der Waals surface area contributed by atoms with Crippen LogP contribution in [0.4, 0.5) is 0 Å². The zero-order chi connectivity index (χ0) is 14.0. The van der Waals surface area contributed by atoms with Gasteiger partial charge in [0.15, 0.2) is 0 Å². The average Bonchev–Trinajstić information content (AvgIpc) is 1.97. The summed E-state index contributed by atoms with van der Waals surface area (Å²) in [5.74, 6) is -2.43. The van der Waals surface area contributed by atoms with Crippen molar-refractivity contribution < 1.29 is 19.8 Å². The summed E-state index contributed by atoms with van der Waals surface area (Å²) < 4.78 is 0. The summed E-state index contributed by atoms with van der Waals surface area (Å²) in [5.41, 5.74) is -0.688. The highest BCUT2D eigenvalue weighted by atomic mass is 28.3. The Morgan fingerprint density at radius 2 is 1.59 bits per heavy atom. The molecule has 0 aromatic rings. The molecule has 0 saturated heterocycles. The average molecular weight is 260 g/mol. The summed E-state index contributed by atoms with van der Waals surface area (Å²) >= 11 is 0. The first-order chi connectivity index (χ1) is 7.39. The molecular weight excluding hydrogens is 236 g/mol. The third-order valence-electron chi connectivity index (χ3n) is 3.58. The van der Waals surface area contributed by atoms with E-state index in [1.165, 1.54) is 0 Å². The standard InChI is InChI=1S/C12H24O4Si/c1-8(17(4,5)6)10(11(15)16)12(2,3)7-9(13)14/h8,10H,7H2,1-6H3,(H,13,14)(H,15,16). The van der Waals surface area contributed by atoms with Crippen molar-refractivity contribution in [1.82, 2.24) is 0 Å². The first kappa shape index (κ1) is 16.2. The number of hydrogen-bond donors (Lipinski definition) is 2. The van der Waals surface area contributed by atoms with Gasteiger partial charge in [0.25, 0.3) is 0 Å². The van der Waals surface area contributed by atoms with Gasteiger partial charge in [-0.15, -0.1) is 0 Å². The Morgan fingerprint density at radius 1 is 1.18 bits per heavy atom. The van der Waals surface area contributed by atoms with E-state index in [1.807, 2.05) is 6.92 Å². The Kier molecular flexibility index (Phi) is 4.95. The molecule has 0 radical (unpaired) electrons. The summed E-state index contributed by atoms with van der Waals surface area (Å²) in [6.07, 6.45) is -0.112. The zero-order valence-electron chi connectivity index (χ0n) is 11.6. The first-order valence-electron chi connectivity index (χ1n) is 5.84. The minimum Gasteiger partial charge on any atom is -0.481 e. The molecule has 0 bridgehead atoms. The van der Waals surface area contributed by atoms with Crippen molar-refractivity contribution in [2.45, 2.75) is 52.4 Å². The molecule has 0 aromatic heterocycles. The zero-order valence-corrected chi connectivity index (χ0v) is 12.6. The number of aliphatic carboxylic acids is 2. The van der Waals surface area contributed by atoms with Crippen molar-refractivity contribution in [3.05, 3.63) is 0 Å². The number of rotatable bonds is 6. The summed E-state index contributed by atoms with van der Waals surface area (Å²) in [6.45, 7) is 11.8. The fourth-order valence-electron chi connectivity index (χ4n) is 2.22. The number of carboxylic acids is 2. The van der Waals surface area contributed by atoms with Gasteiger partial charge in [0.2, 0.25) is 0 Å². The highest BCUT2D eigenvalue weighted by Gasteiger charge is 2.44. The lowest BCUT2D eigenvalue weighted by molar-refractivity contribution is -0.149. The second kappa shape index (κ2) is 5.21. The fraction of sp³-hybridized carbons (Fsp3) is 0.833. The van der Waals surface area contributed by atoms with Crippen molar-refractivity contribution in [3.63, 3.8) is 0 Å². The molecule has 0 spiro atoms. The highest BCUT2D eigenvalue weighted by Crippen LogP contribution is 2.43. The van der Waals surface area contributed by atoms with Crippen molar-refractivity contribution in [3.8, 4) is 0 Å². The van der Waals surface area contributed by atoms with Gasteiger partial charge in [-0.05, 0) is 11.0 Å². The summed E-state index contributed by atoms with van der Waals surface area (Å²) in [5, 5.41) is 18.3. The van der Waals surface area contributed by atoms with Crippen LogP contribution < -0.4 is 0 Å². The molecule has 0 amide bonds. The van der Waals surface area contributed by atoms with Gasteiger partial charge < -0.3 is 10.2 Å². The van der Waals surface area contributed by atoms with Gasteiger partial charge in [-0.25, -0.2) is 0 Å². The highest BCUT2D eigenvalue weighted by molar-refractivity contribution is 6.77. The van der Waals surface area contributed by atoms with Crippen molar-refractivity contribution in [2.75, 3.05) is 0 Å². The van der Waals surface area contributed by atoms with Crippen molar-refractivity contribution in [2.24, 2.45) is 11.3 Å². The van der Waals surface area contributed by atoms with Crippen LogP contribution in [0.15, 0.2) is 0 Å². The second-order valence-electron chi connectivity index (χ2n) is 6.53. The van der Waals surface area contributed by atoms with Crippen molar-refractivity contribution >= 4 is 20.0 Å². The van der Waals surface area contributed by atoms with Crippen LogP contribution in [-0.2, 0) is 9.59 Å². The Hall–Kier alpha value is -0.843. The van der Waals surface area contributed by atoms with E-state index in [4.69, 9.17) is 5.11 Å². The molecule has 0 aromatic carbocycles. The second-order valence-corrected chi connectivity index (χ2v) is 12.2. The van der Waals surface area contributed by atoms with Crippen LogP contribution in [-0.4, -0.2) is 30.2 Å². The number of hydrogen-bond acceptors (Lipinski definition) is 2. The van der Waals surface area contributed by atoms with Gasteiger partial charge in [-0.1, -0.05) is 40.4 Å². The molecule has 0 aliphatic rings. The van der Waals surface area contributed by atoms with Gasteiger partial charge in [-0.3, -0.25) is 9.59 Å². The lowest BCUT2D eigenvalue weighted by Gasteiger charge is -2.39. The van der Waals surface area contributed by atoms with E-state index < -0.39 is 31.3 Å². The Balaban J connectivity index is 5.24. The molecule has 2 unspecified atom stereocenters. The van der Waals surface area contributed by atoms with E-state index in [0.717, 1.165) is 0 Å². The SMILES string of the molecule is CC(C(C(=O)O)C(C)(C)CC(=O)O)[Si](C)(C)C. The minimum atomic E-state index is -1.62. The molecule has 5 heteroatoms. The quantitative estimate of drug-likeness (QED) is 0.720. The molecule has 2 atom stereocenters. The van der Waals surface area contributed by atoms with E-state index in [1.54, 1.807) is 13.8 Å². The largest absolute Gasteiger partial charge is 0.481 e. The predicted octanol–water partition coefficient (Wildman–Crippen LogP) is 2.92. The first-order valence-corrected chi connectivity index (χ1v) is 9.42. The maximum Gasteiger partial charge on any atom is 0.307 e. The van der Waals surface area contributed by atoms with E-state index >= 15 is 0 Å². The third-order valence-corrected chi connectivity index (χ3v) is 6.65. The fourth-order valence-corrected chi connectivity index (χ4v) is 3.82. The predicted molar refractivity (Wildman–Crippen MR) is 69.9 cm³/mol. The van der Waals surface area contributed by atoms with Crippen LogP contribution in [0.2, 0.25) is 25.2 Å². The van der Waals surface area contributed by atoms with E-state index in [9.17, 15) is 14.7 Å². The van der Waals surface area contributed by atoms with Crippen molar-refractivity contribution in [1.29, 1.82) is 0 Å². The van der Waals surface area contributed by atoms with Crippen LogP contribution in [0.5, 0.6) is 0 Å². The van der Waals surface area contributed by atoms with Gasteiger partial charge >= 0.3 is 11.9 Å². The molecule has 0 rings (SSSR count). The monoisotopic (exact) mass is 260 g/mol. The van der Waals surface area contributed by atoms with Gasteiger partial charge in [0, 0.05) is 8.07 Å². The third kappa shape index (κ3) is 4.50. The van der Waals surface area contributed by atoms with Crippen LogP contribution in [0.1, 0.15) is 27.2 Å². The minimum absolute atomic E-state index is 0.0364. The van der Waals surface area contributed by atoms with Crippen LogP contribution in [0.3, 0.4) is 0 Å². The topological polar surface area (TPSA) is 74.6 Å². The molecular formula is C12H24O4Si. The van der Waals surface area contributed by atoms with E-state index in [0.29, 0.717) is 0 Å². The molecule has 0 fully saturated rings. The van der Waals surface area contributed by atoms with Crippen LogP contribution in [0, 0.1) is 11.3 Å². The van der Waals surface area contributed by atoms with Gasteiger partial charge in [-0.2, -0.15) is 0 Å². The Bertz CT molecular complexity index is 304. The van der Waals surface area contributed by atoms with Gasteiger partial charge in [0.05, 0.1) is 12.3 Å². The molecule has 4 nitrogen and oxygen atoms in total. The normalized spacial score (nSPS) is 16.4. The molecule has 0 aliphatic heterocycles. The van der Waals surface area contributed by atoms with E-state index in [2.05, 4.69) is 19.6 Å². The molecule has 0 heterocycles. The smallest absolute Gasteiger partial charge is 0.307 e. The molecule has 0 aliphatic carbocycles. The maximum absolute atomic E-state index is 11.4. The van der Waals surface area contributed by atoms with Crippen LogP contribution in [0.25, 0.3) is 0 Å². The summed E-state index contributed by atoms with van der Waals surface area (Å²) in [6, 6.07) is 0. The summed E-state index contributed by atoms with van der Waals surface area (Å²) in [4.78, 5) is 22.3. The molecule has 17 heavy (non-hydrogen) atoms. The number of carboxylic acid groups (broad SMARTS) is 2.